The van der Waals surface area contributed by atoms with Crippen LogP contribution in [0.3, 0.4) is 0 Å². The molecule has 132 valence electrons. The average molecular weight is 361 g/mol. The van der Waals surface area contributed by atoms with E-state index < -0.39 is 12.3 Å². The molecule has 2 aromatic heterocycles. The van der Waals surface area contributed by atoms with Crippen LogP contribution >= 0.6 is 11.3 Å². The maximum atomic E-state index is 14.4. The first-order chi connectivity index (χ1) is 12.0. The highest BCUT2D eigenvalue weighted by atomic mass is 32.1. The van der Waals surface area contributed by atoms with E-state index in [1.807, 2.05) is 18.2 Å². The van der Waals surface area contributed by atoms with Crippen LogP contribution in [0.15, 0.2) is 28.2 Å². The molecule has 1 aliphatic heterocycles. The molecule has 0 amide bonds. The lowest BCUT2D eigenvalue weighted by molar-refractivity contribution is 0.203. The van der Waals surface area contributed by atoms with Crippen molar-refractivity contribution in [3.05, 3.63) is 33.6 Å². The van der Waals surface area contributed by atoms with Gasteiger partial charge in [0.1, 0.15) is 5.84 Å². The molecule has 1 aliphatic carbocycles. The van der Waals surface area contributed by atoms with Gasteiger partial charge >= 0.3 is 0 Å². The molecular weight excluding hydrogens is 341 g/mol. The van der Waals surface area contributed by atoms with Gasteiger partial charge in [-0.1, -0.05) is 0 Å². The predicted octanol–water partition coefficient (Wildman–Crippen LogP) is 3.49. The maximum Gasteiger partial charge on any atom is 0.192 e. The number of aromatic nitrogens is 2. The Labute approximate surface area is 149 Å². The van der Waals surface area contributed by atoms with E-state index >= 15 is 0 Å². The minimum atomic E-state index is -1.36. The number of rotatable bonds is 4. The Balaban J connectivity index is 1.61. The molecule has 1 saturated carbocycles. The molecule has 2 aliphatic rings. The standard InChI is InChI=1S/C17H20FN5OS/c1-9(24)13-5-6-14(25-13)17-19-8-11(18)16(23(17)2)20-15-7-12(21-22-15)10-3-4-10/h5-11,17,24H,3-4H2,1-2H3,(H,21,22). The first kappa shape index (κ1) is 16.4. The predicted molar refractivity (Wildman–Crippen MR) is 96.5 cm³/mol. The Morgan fingerprint density at radius 1 is 1.44 bits per heavy atom. The first-order valence-electron chi connectivity index (χ1n) is 8.34. The van der Waals surface area contributed by atoms with Crippen LogP contribution < -0.4 is 0 Å². The molecular formula is C17H20FN5OS. The zero-order valence-corrected chi connectivity index (χ0v) is 14.9. The van der Waals surface area contributed by atoms with Crippen molar-refractivity contribution in [2.24, 2.45) is 9.98 Å². The minimum Gasteiger partial charge on any atom is -0.388 e. The highest BCUT2D eigenvalue weighted by molar-refractivity contribution is 7.12. The average Bonchev–Trinajstić information content (AvgIpc) is 3.12. The molecule has 0 bridgehead atoms. The zero-order chi connectivity index (χ0) is 17.6. The van der Waals surface area contributed by atoms with Crippen LogP contribution in [0, 0.1) is 0 Å². The van der Waals surface area contributed by atoms with E-state index in [1.54, 1.807) is 18.9 Å². The highest BCUT2D eigenvalue weighted by Crippen LogP contribution is 2.40. The Kier molecular flexibility index (Phi) is 4.16. The highest BCUT2D eigenvalue weighted by Gasteiger charge is 2.31. The smallest absolute Gasteiger partial charge is 0.192 e. The van der Waals surface area contributed by atoms with Gasteiger partial charge in [-0.3, -0.25) is 10.1 Å². The molecule has 0 radical (unpaired) electrons. The largest absolute Gasteiger partial charge is 0.388 e. The third kappa shape index (κ3) is 3.23. The summed E-state index contributed by atoms with van der Waals surface area (Å²) < 4.78 is 14.4. The fraction of sp³-hybridized carbons (Fsp3) is 0.471. The van der Waals surface area contributed by atoms with Crippen LogP contribution in [0.1, 0.15) is 53.4 Å². The van der Waals surface area contributed by atoms with Gasteiger partial charge in [-0.25, -0.2) is 9.38 Å². The van der Waals surface area contributed by atoms with Gasteiger partial charge in [-0.2, -0.15) is 5.10 Å². The van der Waals surface area contributed by atoms with Gasteiger partial charge in [-0.05, 0) is 31.9 Å². The van der Waals surface area contributed by atoms with E-state index in [2.05, 4.69) is 20.2 Å². The third-order valence-electron chi connectivity index (χ3n) is 4.48. The molecule has 8 heteroatoms. The first-order valence-corrected chi connectivity index (χ1v) is 9.16. The molecule has 3 heterocycles. The summed E-state index contributed by atoms with van der Waals surface area (Å²) in [6.45, 7) is 1.73. The van der Waals surface area contributed by atoms with Gasteiger partial charge in [0.25, 0.3) is 0 Å². The van der Waals surface area contributed by atoms with E-state index in [4.69, 9.17) is 0 Å². The van der Waals surface area contributed by atoms with Gasteiger partial charge in [-0.15, -0.1) is 11.3 Å². The Morgan fingerprint density at radius 3 is 2.92 bits per heavy atom. The van der Waals surface area contributed by atoms with Crippen LogP contribution in [0.4, 0.5) is 10.2 Å². The van der Waals surface area contributed by atoms with Crippen molar-refractivity contribution >= 4 is 29.2 Å². The van der Waals surface area contributed by atoms with Crippen molar-refractivity contribution in [1.82, 2.24) is 15.1 Å². The Morgan fingerprint density at radius 2 is 2.24 bits per heavy atom. The number of alkyl halides is 1. The van der Waals surface area contributed by atoms with Crippen LogP contribution in [0.2, 0.25) is 0 Å². The number of aliphatic hydroxyl groups is 1. The number of halogens is 1. The third-order valence-corrected chi connectivity index (χ3v) is 5.77. The number of amidine groups is 1. The number of thiophene rings is 1. The van der Waals surface area contributed by atoms with Crippen LogP contribution in [-0.4, -0.2) is 45.5 Å². The van der Waals surface area contributed by atoms with E-state index in [0.29, 0.717) is 17.6 Å². The summed E-state index contributed by atoms with van der Waals surface area (Å²) >= 11 is 1.47. The molecule has 4 rings (SSSR count). The fourth-order valence-electron chi connectivity index (χ4n) is 2.88. The van der Waals surface area contributed by atoms with Crippen LogP contribution in [0.5, 0.6) is 0 Å². The normalized spacial score (nSPS) is 26.4. The maximum absolute atomic E-state index is 14.4. The molecule has 0 saturated heterocycles. The van der Waals surface area contributed by atoms with Gasteiger partial charge < -0.3 is 10.0 Å². The van der Waals surface area contributed by atoms with Gasteiger partial charge in [0.15, 0.2) is 18.2 Å². The van der Waals surface area contributed by atoms with Crippen molar-refractivity contribution in [1.29, 1.82) is 0 Å². The van der Waals surface area contributed by atoms with E-state index in [0.717, 1.165) is 15.4 Å². The van der Waals surface area contributed by atoms with Crippen molar-refractivity contribution in [2.75, 3.05) is 7.05 Å². The molecule has 3 unspecified atom stereocenters. The second-order valence-corrected chi connectivity index (χ2v) is 7.67. The molecule has 0 aromatic carbocycles. The van der Waals surface area contributed by atoms with Gasteiger partial charge in [0.05, 0.1) is 6.10 Å². The van der Waals surface area contributed by atoms with Gasteiger partial charge in [0, 0.05) is 40.7 Å². The van der Waals surface area contributed by atoms with E-state index in [9.17, 15) is 9.50 Å². The van der Waals surface area contributed by atoms with Crippen molar-refractivity contribution in [3.63, 3.8) is 0 Å². The summed E-state index contributed by atoms with van der Waals surface area (Å²) in [6.07, 6.45) is 1.40. The summed E-state index contributed by atoms with van der Waals surface area (Å²) in [5.41, 5.74) is 1.07. The number of aliphatic hydroxyl groups excluding tert-OH is 1. The van der Waals surface area contributed by atoms with Crippen molar-refractivity contribution in [3.8, 4) is 0 Å². The molecule has 2 N–H and O–H groups in total. The summed E-state index contributed by atoms with van der Waals surface area (Å²) in [6, 6.07) is 5.69. The lowest BCUT2D eigenvalue weighted by atomic mass is 10.2. The second-order valence-electron chi connectivity index (χ2n) is 6.53. The molecule has 0 spiro atoms. The number of nitrogens with one attached hydrogen (secondary N) is 1. The summed E-state index contributed by atoms with van der Waals surface area (Å²) in [5, 5.41) is 16.9. The quantitative estimate of drug-likeness (QED) is 0.875. The number of H-pyrrole nitrogens is 1. The zero-order valence-electron chi connectivity index (χ0n) is 14.1. The summed E-state index contributed by atoms with van der Waals surface area (Å²) in [7, 11) is 1.78. The van der Waals surface area contributed by atoms with E-state index in [1.165, 1.54) is 30.4 Å². The fourth-order valence-corrected chi connectivity index (χ4v) is 3.92. The summed E-state index contributed by atoms with van der Waals surface area (Å²) in [4.78, 5) is 12.3. The van der Waals surface area contributed by atoms with Crippen LogP contribution in [0.25, 0.3) is 0 Å². The van der Waals surface area contributed by atoms with Crippen molar-refractivity contribution < 1.29 is 9.50 Å². The van der Waals surface area contributed by atoms with E-state index in [-0.39, 0.29) is 6.17 Å². The SMILES string of the molecule is CC(O)c1ccc(C2N=CC(F)C(=Nc3cc(C4CC4)[nH]n3)N2C)s1. The lowest BCUT2D eigenvalue weighted by Crippen LogP contribution is -2.40. The molecule has 1 fully saturated rings. The number of aromatic amines is 1. The molecule has 2 aromatic rings. The number of aliphatic imine (C=N–C) groups is 2. The molecule has 3 atom stereocenters. The van der Waals surface area contributed by atoms with Crippen molar-refractivity contribution in [2.45, 2.75) is 44.1 Å². The Bertz CT molecular complexity index is 823. The monoisotopic (exact) mass is 361 g/mol. The topological polar surface area (TPSA) is 76.9 Å². The summed E-state index contributed by atoms with van der Waals surface area (Å²) in [5.74, 6) is 1.34. The second kappa shape index (κ2) is 6.34. The number of hydrogen-bond acceptors (Lipinski definition) is 5. The van der Waals surface area contributed by atoms with Gasteiger partial charge in [0.2, 0.25) is 0 Å². The number of hydrogen-bond donors (Lipinski definition) is 2. The Hall–Kier alpha value is -2.06. The minimum absolute atomic E-state index is 0.292. The van der Waals surface area contributed by atoms with Crippen LogP contribution in [-0.2, 0) is 0 Å². The lowest BCUT2D eigenvalue weighted by Gasteiger charge is -2.31. The molecule has 25 heavy (non-hydrogen) atoms. The molecule has 6 nitrogen and oxygen atoms in total. The number of nitrogens with zero attached hydrogens (tertiary/aromatic N) is 4.